The van der Waals surface area contributed by atoms with E-state index in [0.29, 0.717) is 24.3 Å². The third kappa shape index (κ3) is 4.34. The van der Waals surface area contributed by atoms with Crippen LogP contribution in [0.2, 0.25) is 0 Å². The summed E-state index contributed by atoms with van der Waals surface area (Å²) in [5.74, 6) is 0.684. The molecule has 0 aromatic heterocycles. The molecular weight excluding hydrogens is 267 g/mol. The number of likely N-dealkylation sites (tertiary alicyclic amines) is 1. The number of hydrogen-bond acceptors (Lipinski definition) is 3. The first-order valence-electron chi connectivity index (χ1n) is 8.05. The summed E-state index contributed by atoms with van der Waals surface area (Å²) in [6.45, 7) is 10.2. The Hall–Kier alpha value is -1.29. The second kappa shape index (κ2) is 7.64. The highest BCUT2D eigenvalue weighted by Gasteiger charge is 2.23. The first-order chi connectivity index (χ1) is 10.1. The average molecular weight is 294 g/mol. The van der Waals surface area contributed by atoms with Crippen molar-refractivity contribution in [3.63, 3.8) is 0 Å². The van der Waals surface area contributed by atoms with Crippen LogP contribution in [-0.2, 0) is 0 Å². The third-order valence-corrected chi connectivity index (χ3v) is 4.41. The highest BCUT2D eigenvalue weighted by Crippen LogP contribution is 2.25. The van der Waals surface area contributed by atoms with E-state index in [9.17, 15) is 4.39 Å². The van der Waals surface area contributed by atoms with Crippen LogP contribution in [0.15, 0.2) is 18.2 Å². The molecule has 4 heteroatoms. The van der Waals surface area contributed by atoms with Crippen molar-refractivity contribution in [3.05, 3.63) is 24.0 Å². The van der Waals surface area contributed by atoms with Crippen LogP contribution < -0.4 is 10.1 Å². The second-order valence-corrected chi connectivity index (χ2v) is 5.78. The SMILES string of the molecule is CCOc1ccc(NC(C)C2CCN(CC)CC2)cc1F. The maximum absolute atomic E-state index is 13.9. The zero-order valence-electron chi connectivity index (χ0n) is 13.4. The predicted molar refractivity (Wildman–Crippen MR) is 85.5 cm³/mol. The highest BCUT2D eigenvalue weighted by molar-refractivity contribution is 5.48. The quantitative estimate of drug-likeness (QED) is 0.864. The molecule has 1 N–H and O–H groups in total. The molecule has 1 aliphatic heterocycles. The number of benzene rings is 1. The topological polar surface area (TPSA) is 24.5 Å². The molecule has 0 saturated carbocycles. The van der Waals surface area contributed by atoms with Gasteiger partial charge >= 0.3 is 0 Å². The summed E-state index contributed by atoms with van der Waals surface area (Å²) < 4.78 is 19.1. The van der Waals surface area contributed by atoms with E-state index in [1.807, 2.05) is 13.0 Å². The molecule has 0 amide bonds. The Kier molecular flexibility index (Phi) is 5.85. The highest BCUT2D eigenvalue weighted by atomic mass is 19.1. The molecule has 1 atom stereocenters. The standard InChI is InChI=1S/C17H27FN2O/c1-4-20-10-8-14(9-11-20)13(3)19-15-6-7-17(21-5-2)16(18)12-15/h6-7,12-14,19H,4-5,8-11H2,1-3H3. The lowest BCUT2D eigenvalue weighted by molar-refractivity contribution is 0.183. The molecule has 1 aromatic carbocycles. The van der Waals surface area contributed by atoms with E-state index >= 15 is 0 Å². The fraction of sp³-hybridized carbons (Fsp3) is 0.647. The Balaban J connectivity index is 1.90. The van der Waals surface area contributed by atoms with E-state index in [4.69, 9.17) is 4.74 Å². The zero-order valence-corrected chi connectivity index (χ0v) is 13.4. The number of halogens is 1. The fourth-order valence-electron chi connectivity index (χ4n) is 3.01. The maximum atomic E-state index is 13.9. The predicted octanol–water partition coefficient (Wildman–Crippen LogP) is 3.76. The summed E-state index contributed by atoms with van der Waals surface area (Å²) in [5.41, 5.74) is 0.835. The van der Waals surface area contributed by atoms with Crippen molar-refractivity contribution >= 4 is 5.69 Å². The van der Waals surface area contributed by atoms with Crippen molar-refractivity contribution < 1.29 is 9.13 Å². The number of hydrogen-bond donors (Lipinski definition) is 1. The summed E-state index contributed by atoms with van der Waals surface area (Å²) in [6.07, 6.45) is 2.42. The van der Waals surface area contributed by atoms with E-state index in [2.05, 4.69) is 24.1 Å². The molecule has 2 rings (SSSR count). The molecule has 1 fully saturated rings. The molecule has 1 heterocycles. The second-order valence-electron chi connectivity index (χ2n) is 5.78. The average Bonchev–Trinajstić information content (AvgIpc) is 2.50. The largest absolute Gasteiger partial charge is 0.491 e. The van der Waals surface area contributed by atoms with Gasteiger partial charge in [0.1, 0.15) is 0 Å². The minimum Gasteiger partial charge on any atom is -0.491 e. The van der Waals surface area contributed by atoms with Gasteiger partial charge in [0.05, 0.1) is 6.61 Å². The van der Waals surface area contributed by atoms with Crippen LogP contribution in [0.4, 0.5) is 10.1 Å². The van der Waals surface area contributed by atoms with Gasteiger partial charge in [-0.3, -0.25) is 0 Å². The van der Waals surface area contributed by atoms with Gasteiger partial charge in [0.2, 0.25) is 0 Å². The van der Waals surface area contributed by atoms with Crippen LogP contribution in [0.5, 0.6) is 5.75 Å². The number of ether oxygens (including phenoxy) is 1. The monoisotopic (exact) mass is 294 g/mol. The maximum Gasteiger partial charge on any atom is 0.167 e. The van der Waals surface area contributed by atoms with Gasteiger partial charge in [-0.2, -0.15) is 0 Å². The van der Waals surface area contributed by atoms with Crippen LogP contribution in [0.1, 0.15) is 33.6 Å². The number of rotatable bonds is 6. The summed E-state index contributed by atoms with van der Waals surface area (Å²) in [5, 5.41) is 3.44. The number of piperidine rings is 1. The van der Waals surface area contributed by atoms with E-state index in [1.54, 1.807) is 6.07 Å². The van der Waals surface area contributed by atoms with Crippen molar-refractivity contribution in [3.8, 4) is 5.75 Å². The van der Waals surface area contributed by atoms with Gasteiger partial charge in [-0.25, -0.2) is 4.39 Å². The lowest BCUT2D eigenvalue weighted by Gasteiger charge is -2.34. The van der Waals surface area contributed by atoms with E-state index in [0.717, 1.165) is 12.2 Å². The Morgan fingerprint density at radius 3 is 2.62 bits per heavy atom. The van der Waals surface area contributed by atoms with Gasteiger partial charge in [0.15, 0.2) is 11.6 Å². The zero-order chi connectivity index (χ0) is 15.2. The van der Waals surface area contributed by atoms with Crippen LogP contribution in [-0.4, -0.2) is 37.2 Å². The van der Waals surface area contributed by atoms with Crippen molar-refractivity contribution in [2.24, 2.45) is 5.92 Å². The molecule has 1 unspecified atom stereocenters. The van der Waals surface area contributed by atoms with Gasteiger partial charge in [0, 0.05) is 17.8 Å². The van der Waals surface area contributed by atoms with Crippen molar-refractivity contribution in [2.45, 2.75) is 39.7 Å². The normalized spacial score (nSPS) is 18.5. The molecule has 1 saturated heterocycles. The molecule has 0 aliphatic carbocycles. The summed E-state index contributed by atoms with van der Waals surface area (Å²) in [6, 6.07) is 5.49. The fourth-order valence-corrected chi connectivity index (χ4v) is 3.01. The third-order valence-electron chi connectivity index (χ3n) is 4.41. The first kappa shape index (κ1) is 16.1. The van der Waals surface area contributed by atoms with Gasteiger partial charge in [0.25, 0.3) is 0 Å². The lowest BCUT2D eigenvalue weighted by Crippen LogP contribution is -2.39. The smallest absolute Gasteiger partial charge is 0.167 e. The van der Waals surface area contributed by atoms with Crippen molar-refractivity contribution in [1.82, 2.24) is 4.90 Å². The van der Waals surface area contributed by atoms with Crippen molar-refractivity contribution in [1.29, 1.82) is 0 Å². The molecule has 3 nitrogen and oxygen atoms in total. The molecular formula is C17H27FN2O. The molecule has 0 radical (unpaired) electrons. The minimum atomic E-state index is -0.296. The van der Waals surface area contributed by atoms with Gasteiger partial charge in [-0.05, 0) is 64.4 Å². The van der Waals surface area contributed by atoms with Crippen LogP contribution in [0, 0.1) is 11.7 Å². The Morgan fingerprint density at radius 1 is 1.33 bits per heavy atom. The minimum absolute atomic E-state index is 0.296. The van der Waals surface area contributed by atoms with Crippen LogP contribution in [0.25, 0.3) is 0 Å². The Morgan fingerprint density at radius 2 is 2.05 bits per heavy atom. The van der Waals surface area contributed by atoms with Gasteiger partial charge in [-0.1, -0.05) is 6.92 Å². The molecule has 118 valence electrons. The Labute approximate surface area is 127 Å². The summed E-state index contributed by atoms with van der Waals surface area (Å²) in [7, 11) is 0. The number of anilines is 1. The Bertz CT molecular complexity index is 444. The first-order valence-corrected chi connectivity index (χ1v) is 8.05. The lowest BCUT2D eigenvalue weighted by atomic mass is 9.90. The molecule has 0 spiro atoms. The summed E-state index contributed by atoms with van der Waals surface area (Å²) >= 11 is 0. The number of nitrogens with zero attached hydrogens (tertiary/aromatic N) is 1. The van der Waals surface area contributed by atoms with Crippen LogP contribution in [0.3, 0.4) is 0 Å². The van der Waals surface area contributed by atoms with Crippen LogP contribution >= 0.6 is 0 Å². The molecule has 0 bridgehead atoms. The van der Waals surface area contributed by atoms with E-state index in [-0.39, 0.29) is 5.82 Å². The van der Waals surface area contributed by atoms with Gasteiger partial charge in [-0.15, -0.1) is 0 Å². The van der Waals surface area contributed by atoms with E-state index < -0.39 is 0 Å². The van der Waals surface area contributed by atoms with Crippen molar-refractivity contribution in [2.75, 3.05) is 31.6 Å². The molecule has 1 aromatic rings. The number of nitrogens with one attached hydrogen (secondary N) is 1. The molecule has 21 heavy (non-hydrogen) atoms. The van der Waals surface area contributed by atoms with E-state index in [1.165, 1.54) is 32.0 Å². The summed E-state index contributed by atoms with van der Waals surface area (Å²) in [4.78, 5) is 2.49. The molecule has 1 aliphatic rings. The van der Waals surface area contributed by atoms with Gasteiger partial charge < -0.3 is 15.0 Å².